The van der Waals surface area contributed by atoms with Crippen molar-refractivity contribution in [2.75, 3.05) is 44.7 Å². The zero-order chi connectivity index (χ0) is 18.4. The highest BCUT2D eigenvalue weighted by atomic mass is 16.5. The summed E-state index contributed by atoms with van der Waals surface area (Å²) in [6.45, 7) is 5.29. The summed E-state index contributed by atoms with van der Waals surface area (Å²) in [7, 11) is 1.61. The summed E-state index contributed by atoms with van der Waals surface area (Å²) in [5.41, 5.74) is 0. The number of aromatic nitrogens is 2. The number of anilines is 1. The smallest absolute Gasteiger partial charge is 0.317 e. The predicted molar refractivity (Wildman–Crippen MR) is 98.0 cm³/mol. The highest BCUT2D eigenvalue weighted by Crippen LogP contribution is 2.25. The van der Waals surface area contributed by atoms with Crippen molar-refractivity contribution in [3.05, 3.63) is 36.7 Å². The largest absolute Gasteiger partial charge is 0.497 e. The van der Waals surface area contributed by atoms with E-state index >= 15 is 0 Å². The lowest BCUT2D eigenvalue weighted by Crippen LogP contribution is -2.52. The van der Waals surface area contributed by atoms with Crippen molar-refractivity contribution in [2.45, 2.75) is 6.92 Å². The van der Waals surface area contributed by atoms with E-state index in [4.69, 9.17) is 9.47 Å². The topological polar surface area (TPSA) is 79.8 Å². The Morgan fingerprint density at radius 1 is 1.15 bits per heavy atom. The molecule has 8 nitrogen and oxygen atoms in total. The van der Waals surface area contributed by atoms with Gasteiger partial charge in [0, 0.05) is 44.9 Å². The lowest BCUT2D eigenvalue weighted by Gasteiger charge is -2.35. The molecule has 1 aliphatic heterocycles. The second-order valence-corrected chi connectivity index (χ2v) is 5.81. The molecule has 1 aromatic carbocycles. The molecule has 1 saturated heterocycles. The van der Waals surface area contributed by atoms with Gasteiger partial charge in [-0.25, -0.2) is 14.8 Å². The Bertz CT molecular complexity index is 747. The van der Waals surface area contributed by atoms with Gasteiger partial charge in [0.15, 0.2) is 0 Å². The number of piperazine rings is 1. The van der Waals surface area contributed by atoms with E-state index in [1.165, 1.54) is 6.33 Å². The first kappa shape index (κ1) is 17.8. The van der Waals surface area contributed by atoms with Crippen LogP contribution in [-0.4, -0.2) is 60.7 Å². The van der Waals surface area contributed by atoms with Crippen molar-refractivity contribution in [2.24, 2.45) is 0 Å². The van der Waals surface area contributed by atoms with Gasteiger partial charge >= 0.3 is 6.03 Å². The zero-order valence-corrected chi connectivity index (χ0v) is 15.0. The van der Waals surface area contributed by atoms with Crippen molar-refractivity contribution < 1.29 is 14.3 Å². The Morgan fingerprint density at radius 2 is 1.92 bits per heavy atom. The van der Waals surface area contributed by atoms with Gasteiger partial charge in [-0.3, -0.25) is 0 Å². The minimum atomic E-state index is -0.0168. The first-order valence-corrected chi connectivity index (χ1v) is 8.61. The van der Waals surface area contributed by atoms with Gasteiger partial charge in [0.1, 0.15) is 23.6 Å². The molecule has 0 unspecified atom stereocenters. The molecule has 2 amide bonds. The molecule has 3 rings (SSSR count). The SMILES string of the molecule is CCNC(=O)N1CCN(c2cc(Oc3cccc(OC)c3)ncn2)CC1. The highest BCUT2D eigenvalue weighted by molar-refractivity contribution is 5.74. The van der Waals surface area contributed by atoms with Crippen LogP contribution in [0.4, 0.5) is 10.6 Å². The summed E-state index contributed by atoms with van der Waals surface area (Å²) in [5, 5.41) is 2.83. The van der Waals surface area contributed by atoms with Gasteiger partial charge in [-0.15, -0.1) is 0 Å². The van der Waals surface area contributed by atoms with Crippen molar-refractivity contribution in [1.82, 2.24) is 20.2 Å². The van der Waals surface area contributed by atoms with Crippen LogP contribution in [0.2, 0.25) is 0 Å². The molecule has 2 heterocycles. The average Bonchev–Trinajstić information content (AvgIpc) is 2.69. The Hall–Kier alpha value is -3.03. The fourth-order valence-electron chi connectivity index (χ4n) is 2.75. The second kappa shape index (κ2) is 8.37. The molecule has 0 atom stereocenters. The van der Waals surface area contributed by atoms with Crippen LogP contribution >= 0.6 is 0 Å². The maximum absolute atomic E-state index is 11.9. The standard InChI is InChI=1S/C18H23N5O3/c1-3-19-18(24)23-9-7-22(8-10-23)16-12-17(21-13-20-16)26-15-6-4-5-14(11-15)25-2/h4-6,11-13H,3,7-10H2,1-2H3,(H,19,24). The molecule has 0 bridgehead atoms. The van der Waals surface area contributed by atoms with Crippen molar-refractivity contribution >= 4 is 11.8 Å². The number of carbonyl (C=O) groups excluding carboxylic acids is 1. The molecular weight excluding hydrogens is 334 g/mol. The van der Waals surface area contributed by atoms with Gasteiger partial charge in [-0.05, 0) is 19.1 Å². The average molecular weight is 357 g/mol. The number of hydrogen-bond donors (Lipinski definition) is 1. The molecular formula is C18H23N5O3. The van der Waals surface area contributed by atoms with Crippen LogP contribution in [0.5, 0.6) is 17.4 Å². The summed E-state index contributed by atoms with van der Waals surface area (Å²) < 4.78 is 11.0. The molecule has 0 radical (unpaired) electrons. The fraction of sp³-hybridized carbons (Fsp3) is 0.389. The lowest BCUT2D eigenvalue weighted by molar-refractivity contribution is 0.195. The first-order valence-electron chi connectivity index (χ1n) is 8.61. The van der Waals surface area contributed by atoms with Crippen LogP contribution in [0.15, 0.2) is 36.7 Å². The van der Waals surface area contributed by atoms with Gasteiger partial charge in [-0.2, -0.15) is 0 Å². The third kappa shape index (κ3) is 4.33. The Labute approximate surface area is 152 Å². The van der Waals surface area contributed by atoms with E-state index in [0.29, 0.717) is 44.4 Å². The zero-order valence-electron chi connectivity index (χ0n) is 15.0. The van der Waals surface area contributed by atoms with Gasteiger partial charge in [0.05, 0.1) is 7.11 Å². The number of hydrogen-bond acceptors (Lipinski definition) is 6. The van der Waals surface area contributed by atoms with Crippen LogP contribution < -0.4 is 19.7 Å². The Kier molecular flexibility index (Phi) is 5.73. The van der Waals surface area contributed by atoms with Crippen LogP contribution in [0.25, 0.3) is 0 Å². The molecule has 1 N–H and O–H groups in total. The number of ether oxygens (including phenoxy) is 2. The highest BCUT2D eigenvalue weighted by Gasteiger charge is 2.21. The number of carbonyl (C=O) groups is 1. The summed E-state index contributed by atoms with van der Waals surface area (Å²) in [6, 6.07) is 9.14. The minimum Gasteiger partial charge on any atom is -0.497 e. The van der Waals surface area contributed by atoms with Crippen LogP contribution in [-0.2, 0) is 0 Å². The van der Waals surface area contributed by atoms with Crippen molar-refractivity contribution in [3.8, 4) is 17.4 Å². The van der Waals surface area contributed by atoms with E-state index < -0.39 is 0 Å². The third-order valence-electron chi connectivity index (χ3n) is 4.11. The molecule has 0 saturated carbocycles. The number of amides is 2. The van der Waals surface area contributed by atoms with Crippen LogP contribution in [0, 0.1) is 0 Å². The van der Waals surface area contributed by atoms with Gasteiger partial charge in [-0.1, -0.05) is 6.07 Å². The third-order valence-corrected chi connectivity index (χ3v) is 4.11. The predicted octanol–water partition coefficient (Wildman–Crippen LogP) is 2.13. The van der Waals surface area contributed by atoms with E-state index in [0.717, 1.165) is 11.6 Å². The molecule has 138 valence electrons. The fourth-order valence-corrected chi connectivity index (χ4v) is 2.75. The molecule has 2 aromatic rings. The molecule has 1 fully saturated rings. The number of nitrogens with zero attached hydrogens (tertiary/aromatic N) is 4. The minimum absolute atomic E-state index is 0.0168. The Balaban J connectivity index is 1.63. The summed E-state index contributed by atoms with van der Waals surface area (Å²) in [5.74, 6) is 2.62. The summed E-state index contributed by atoms with van der Waals surface area (Å²) in [4.78, 5) is 24.3. The van der Waals surface area contributed by atoms with E-state index in [-0.39, 0.29) is 6.03 Å². The van der Waals surface area contributed by atoms with Gasteiger partial charge in [0.2, 0.25) is 5.88 Å². The van der Waals surface area contributed by atoms with E-state index in [1.807, 2.05) is 30.0 Å². The Morgan fingerprint density at radius 3 is 2.65 bits per heavy atom. The van der Waals surface area contributed by atoms with Crippen LogP contribution in [0.1, 0.15) is 6.92 Å². The molecule has 1 aliphatic rings. The normalized spacial score (nSPS) is 14.1. The number of rotatable bonds is 5. The summed E-state index contributed by atoms with van der Waals surface area (Å²) >= 11 is 0. The molecule has 26 heavy (non-hydrogen) atoms. The maximum atomic E-state index is 11.9. The van der Waals surface area contributed by atoms with Crippen LogP contribution in [0.3, 0.4) is 0 Å². The number of benzene rings is 1. The maximum Gasteiger partial charge on any atom is 0.317 e. The summed E-state index contributed by atoms with van der Waals surface area (Å²) in [6.07, 6.45) is 1.49. The number of nitrogens with one attached hydrogen (secondary N) is 1. The number of methoxy groups -OCH3 is 1. The monoisotopic (exact) mass is 357 g/mol. The number of urea groups is 1. The molecule has 0 aliphatic carbocycles. The van der Waals surface area contributed by atoms with Gasteiger partial charge < -0.3 is 24.6 Å². The quantitative estimate of drug-likeness (QED) is 0.883. The first-order chi connectivity index (χ1) is 12.7. The van der Waals surface area contributed by atoms with Gasteiger partial charge in [0.25, 0.3) is 0 Å². The lowest BCUT2D eigenvalue weighted by atomic mass is 10.3. The molecule has 0 spiro atoms. The molecule has 1 aromatic heterocycles. The van der Waals surface area contributed by atoms with E-state index in [1.54, 1.807) is 19.2 Å². The van der Waals surface area contributed by atoms with E-state index in [9.17, 15) is 4.79 Å². The van der Waals surface area contributed by atoms with Crippen molar-refractivity contribution in [1.29, 1.82) is 0 Å². The molecule has 8 heteroatoms. The van der Waals surface area contributed by atoms with E-state index in [2.05, 4.69) is 20.2 Å². The second-order valence-electron chi connectivity index (χ2n) is 5.81. The van der Waals surface area contributed by atoms with Crippen molar-refractivity contribution in [3.63, 3.8) is 0 Å².